The first kappa shape index (κ1) is 13.4. The number of thioether (sulfide) groups is 1. The molecular formula is C10H7N3O4S2. The Kier molecular flexibility index (Phi) is 3.76. The smallest absolute Gasteiger partial charge is 0.311 e. The Hall–Kier alpha value is -2.00. The molecule has 0 atom stereocenters. The lowest BCUT2D eigenvalue weighted by Crippen LogP contribution is -2.22. The number of rotatable bonds is 3. The molecule has 0 unspecified atom stereocenters. The average Bonchev–Trinajstić information content (AvgIpc) is 2.68. The highest BCUT2D eigenvalue weighted by atomic mass is 32.2. The van der Waals surface area contributed by atoms with Gasteiger partial charge in [0, 0.05) is 11.6 Å². The molecule has 0 bridgehead atoms. The van der Waals surface area contributed by atoms with Crippen molar-refractivity contribution in [2.24, 2.45) is 5.10 Å². The van der Waals surface area contributed by atoms with Gasteiger partial charge in [0.05, 0.1) is 16.9 Å². The van der Waals surface area contributed by atoms with E-state index >= 15 is 0 Å². The summed E-state index contributed by atoms with van der Waals surface area (Å²) in [5.74, 6) is -0.547. The van der Waals surface area contributed by atoms with Gasteiger partial charge in [0.25, 0.3) is 5.91 Å². The Morgan fingerprint density at radius 1 is 1.58 bits per heavy atom. The molecule has 1 amide bonds. The number of phenols is 1. The molecule has 1 aliphatic rings. The number of thiocarbonyl (C=S) groups is 1. The molecule has 1 aromatic carbocycles. The zero-order valence-electron chi connectivity index (χ0n) is 9.35. The first-order chi connectivity index (χ1) is 9.00. The van der Waals surface area contributed by atoms with Crippen LogP contribution in [0, 0.1) is 10.1 Å². The predicted octanol–water partition coefficient (Wildman–Crippen LogP) is 1.49. The van der Waals surface area contributed by atoms with Crippen molar-refractivity contribution in [3.63, 3.8) is 0 Å². The van der Waals surface area contributed by atoms with E-state index in [0.717, 1.165) is 5.01 Å². The van der Waals surface area contributed by atoms with Crippen molar-refractivity contribution in [2.45, 2.75) is 0 Å². The lowest BCUT2D eigenvalue weighted by atomic mass is 10.2. The van der Waals surface area contributed by atoms with Crippen LogP contribution in [-0.2, 0) is 4.79 Å². The Balaban J connectivity index is 2.29. The molecule has 1 saturated heterocycles. The van der Waals surface area contributed by atoms with Crippen LogP contribution in [-0.4, -0.2) is 37.2 Å². The summed E-state index contributed by atoms with van der Waals surface area (Å²) in [4.78, 5) is 21.3. The zero-order valence-corrected chi connectivity index (χ0v) is 11.0. The second-order valence-corrected chi connectivity index (χ2v) is 5.09. The summed E-state index contributed by atoms with van der Waals surface area (Å²) >= 11 is 6.10. The maximum absolute atomic E-state index is 11.4. The van der Waals surface area contributed by atoms with Gasteiger partial charge in [-0.05, 0) is 6.07 Å². The fourth-order valence-electron chi connectivity index (χ4n) is 1.38. The number of hydrogen-bond donors (Lipinski definition) is 1. The number of carbonyl (C=O) groups excluding carboxylic acids is 1. The largest absolute Gasteiger partial charge is 0.502 e. The highest BCUT2D eigenvalue weighted by Gasteiger charge is 2.26. The highest BCUT2D eigenvalue weighted by Crippen LogP contribution is 2.28. The molecule has 0 radical (unpaired) electrons. The van der Waals surface area contributed by atoms with E-state index in [-0.39, 0.29) is 17.2 Å². The Bertz CT molecular complexity index is 586. The van der Waals surface area contributed by atoms with E-state index in [1.807, 2.05) is 0 Å². The minimum absolute atomic E-state index is 0.140. The van der Waals surface area contributed by atoms with Crippen LogP contribution in [0.15, 0.2) is 23.3 Å². The first-order valence-electron chi connectivity index (χ1n) is 5.01. The van der Waals surface area contributed by atoms with Gasteiger partial charge in [-0.3, -0.25) is 14.9 Å². The summed E-state index contributed by atoms with van der Waals surface area (Å²) < 4.78 is 0.311. The van der Waals surface area contributed by atoms with E-state index in [1.165, 1.54) is 36.2 Å². The molecule has 2 rings (SSSR count). The molecule has 0 aromatic heterocycles. The minimum atomic E-state index is -0.700. The van der Waals surface area contributed by atoms with Crippen LogP contribution >= 0.6 is 24.0 Å². The first-order valence-corrected chi connectivity index (χ1v) is 6.40. The fraction of sp³-hybridized carbons (Fsp3) is 0.100. The summed E-state index contributed by atoms with van der Waals surface area (Å²) in [6.07, 6.45) is 1.17. The molecule has 0 saturated carbocycles. The topological polar surface area (TPSA) is 96.0 Å². The van der Waals surface area contributed by atoms with Gasteiger partial charge in [-0.15, -0.1) is 0 Å². The van der Waals surface area contributed by atoms with E-state index in [0.29, 0.717) is 4.32 Å². The van der Waals surface area contributed by atoms with Crippen LogP contribution in [0.3, 0.4) is 0 Å². The third-order valence-electron chi connectivity index (χ3n) is 2.28. The molecule has 0 spiro atoms. The van der Waals surface area contributed by atoms with E-state index in [4.69, 9.17) is 12.2 Å². The summed E-state index contributed by atoms with van der Waals surface area (Å²) in [6.45, 7) is 0. The number of hydrazone groups is 1. The van der Waals surface area contributed by atoms with Crippen molar-refractivity contribution in [1.29, 1.82) is 0 Å². The van der Waals surface area contributed by atoms with Gasteiger partial charge >= 0.3 is 5.69 Å². The number of amides is 1. The number of para-hydroxylation sites is 1. The second-order valence-electron chi connectivity index (χ2n) is 3.48. The van der Waals surface area contributed by atoms with Gasteiger partial charge in [0.2, 0.25) is 5.75 Å². The minimum Gasteiger partial charge on any atom is -0.502 e. The van der Waals surface area contributed by atoms with Crippen molar-refractivity contribution in [3.8, 4) is 5.75 Å². The van der Waals surface area contributed by atoms with Gasteiger partial charge in [-0.2, -0.15) is 10.1 Å². The van der Waals surface area contributed by atoms with Crippen molar-refractivity contribution in [1.82, 2.24) is 5.01 Å². The van der Waals surface area contributed by atoms with Gasteiger partial charge in [-0.1, -0.05) is 30.0 Å². The van der Waals surface area contributed by atoms with Crippen molar-refractivity contribution >= 4 is 46.1 Å². The van der Waals surface area contributed by atoms with E-state index < -0.39 is 16.4 Å². The number of carbonyl (C=O) groups is 1. The van der Waals surface area contributed by atoms with Crippen LogP contribution in [0.4, 0.5) is 5.69 Å². The number of hydrogen-bond acceptors (Lipinski definition) is 7. The molecule has 1 fully saturated rings. The number of nitro groups is 1. The summed E-state index contributed by atoms with van der Waals surface area (Å²) in [6, 6.07) is 4.04. The molecule has 9 heteroatoms. The van der Waals surface area contributed by atoms with Gasteiger partial charge < -0.3 is 5.11 Å². The molecule has 98 valence electrons. The maximum Gasteiger partial charge on any atom is 0.311 e. The maximum atomic E-state index is 11.4. The molecule has 0 aliphatic carbocycles. The molecular weight excluding hydrogens is 290 g/mol. The molecule has 19 heavy (non-hydrogen) atoms. The quantitative estimate of drug-likeness (QED) is 0.393. The van der Waals surface area contributed by atoms with Crippen molar-refractivity contribution in [3.05, 3.63) is 33.9 Å². The fourth-order valence-corrected chi connectivity index (χ4v) is 2.35. The SMILES string of the molecule is O=C1CSC(=S)N1/N=C/c1cccc([N+](=O)[O-])c1O. The van der Waals surface area contributed by atoms with Crippen molar-refractivity contribution < 1.29 is 14.8 Å². The lowest BCUT2D eigenvalue weighted by molar-refractivity contribution is -0.385. The number of nitro benzene ring substituents is 1. The summed E-state index contributed by atoms with van der Waals surface area (Å²) in [7, 11) is 0. The number of nitrogens with zero attached hydrogens (tertiary/aromatic N) is 3. The van der Waals surface area contributed by atoms with E-state index in [9.17, 15) is 20.0 Å². The van der Waals surface area contributed by atoms with Crippen LogP contribution in [0.5, 0.6) is 5.75 Å². The molecule has 1 heterocycles. The van der Waals surface area contributed by atoms with E-state index in [1.54, 1.807) is 0 Å². The van der Waals surface area contributed by atoms with Gasteiger partial charge in [-0.25, -0.2) is 0 Å². The summed E-state index contributed by atoms with van der Waals surface area (Å²) in [5.41, 5.74) is -0.282. The molecule has 1 aromatic rings. The van der Waals surface area contributed by atoms with Gasteiger partial charge in [0.15, 0.2) is 4.32 Å². The lowest BCUT2D eigenvalue weighted by Gasteiger charge is -2.06. The highest BCUT2D eigenvalue weighted by molar-refractivity contribution is 8.23. The second kappa shape index (κ2) is 5.33. The predicted molar refractivity (Wildman–Crippen MR) is 74.3 cm³/mol. The Morgan fingerprint density at radius 2 is 2.32 bits per heavy atom. The Morgan fingerprint density at radius 3 is 2.89 bits per heavy atom. The van der Waals surface area contributed by atoms with Crippen molar-refractivity contribution in [2.75, 3.05) is 5.75 Å². The van der Waals surface area contributed by atoms with Crippen LogP contribution in [0.1, 0.15) is 5.56 Å². The number of aromatic hydroxyl groups is 1. The van der Waals surface area contributed by atoms with Gasteiger partial charge in [0.1, 0.15) is 0 Å². The monoisotopic (exact) mass is 297 g/mol. The average molecular weight is 297 g/mol. The summed E-state index contributed by atoms with van der Waals surface area (Å²) in [5, 5.41) is 25.2. The third kappa shape index (κ3) is 2.71. The Labute approximate surface area is 117 Å². The van der Waals surface area contributed by atoms with Crippen LogP contribution in [0.25, 0.3) is 0 Å². The van der Waals surface area contributed by atoms with E-state index in [2.05, 4.69) is 5.10 Å². The molecule has 1 aliphatic heterocycles. The molecule has 1 N–H and O–H groups in total. The number of phenolic OH excluding ortho intramolecular Hbond substituents is 1. The molecule has 7 nitrogen and oxygen atoms in total. The zero-order chi connectivity index (χ0) is 14.0. The third-order valence-corrected chi connectivity index (χ3v) is 3.62. The van der Waals surface area contributed by atoms with Crippen LogP contribution in [0.2, 0.25) is 0 Å². The number of benzene rings is 1. The standard InChI is InChI=1S/C10H7N3O4S2/c14-8-5-19-10(18)12(8)11-4-6-2-1-3-7(9(6)15)13(16)17/h1-4,15H,5H2/b11-4+. The normalized spacial score (nSPS) is 15.5. The van der Waals surface area contributed by atoms with Crippen LogP contribution < -0.4 is 0 Å².